The number of hydrogen-bond donors (Lipinski definition) is 2. The summed E-state index contributed by atoms with van der Waals surface area (Å²) in [5, 5.41) is 6.31. The zero-order valence-electron chi connectivity index (χ0n) is 16.6. The molecular weight excluding hydrogens is 407 g/mol. The molecular formula is C19H26Cl2N2O5. The lowest BCUT2D eigenvalue weighted by atomic mass is 10.1. The molecule has 1 aromatic rings. The Morgan fingerprint density at radius 2 is 1.79 bits per heavy atom. The summed E-state index contributed by atoms with van der Waals surface area (Å²) in [6.45, 7) is 6.88. The number of benzene rings is 1. The molecule has 2 N–H and O–H groups in total. The molecule has 0 spiro atoms. The van der Waals surface area contributed by atoms with E-state index in [1.165, 1.54) is 7.11 Å². The molecule has 0 radical (unpaired) electrons. The Morgan fingerprint density at radius 3 is 2.32 bits per heavy atom. The van der Waals surface area contributed by atoms with Crippen molar-refractivity contribution in [2.24, 2.45) is 0 Å². The first kappa shape index (κ1) is 24.0. The van der Waals surface area contributed by atoms with Gasteiger partial charge in [-0.1, -0.05) is 23.2 Å². The number of carbonyl (C=O) groups is 3. The van der Waals surface area contributed by atoms with E-state index in [-0.39, 0.29) is 12.8 Å². The van der Waals surface area contributed by atoms with Crippen molar-refractivity contribution in [2.45, 2.75) is 58.2 Å². The fourth-order valence-corrected chi connectivity index (χ4v) is 2.54. The minimum absolute atomic E-state index is 0.0358. The minimum Gasteiger partial charge on any atom is -0.467 e. The van der Waals surface area contributed by atoms with Gasteiger partial charge in [0.1, 0.15) is 17.7 Å². The molecule has 0 unspecified atom stereocenters. The van der Waals surface area contributed by atoms with E-state index in [1.54, 1.807) is 45.9 Å². The van der Waals surface area contributed by atoms with E-state index in [2.05, 4.69) is 10.6 Å². The number of nitrogens with one attached hydrogen (secondary N) is 2. The fraction of sp³-hybridized carbons (Fsp3) is 0.526. The number of methoxy groups -OCH3 is 1. The van der Waals surface area contributed by atoms with Crippen LogP contribution in [0.25, 0.3) is 0 Å². The molecule has 1 aromatic carbocycles. The van der Waals surface area contributed by atoms with Gasteiger partial charge in [-0.15, -0.1) is 0 Å². The molecule has 0 aromatic heterocycles. The number of rotatable bonds is 8. The molecule has 0 saturated carbocycles. The van der Waals surface area contributed by atoms with E-state index >= 15 is 0 Å². The van der Waals surface area contributed by atoms with Crippen LogP contribution in [0.15, 0.2) is 18.2 Å². The van der Waals surface area contributed by atoms with Crippen LogP contribution in [0.2, 0.25) is 10.0 Å². The summed E-state index contributed by atoms with van der Waals surface area (Å²) in [7, 11) is 1.21. The van der Waals surface area contributed by atoms with Crippen molar-refractivity contribution in [3.05, 3.63) is 28.2 Å². The maximum absolute atomic E-state index is 12.4. The Balaban J connectivity index is 2.68. The van der Waals surface area contributed by atoms with Crippen LogP contribution in [0, 0.1) is 0 Å². The van der Waals surface area contributed by atoms with E-state index in [9.17, 15) is 14.4 Å². The lowest BCUT2D eigenvalue weighted by Crippen LogP contribution is -2.47. The van der Waals surface area contributed by atoms with Crippen LogP contribution >= 0.6 is 23.2 Å². The average Bonchev–Trinajstić information content (AvgIpc) is 2.59. The molecule has 0 saturated heterocycles. The Hall–Kier alpha value is -1.99. The molecule has 9 heteroatoms. The van der Waals surface area contributed by atoms with Gasteiger partial charge in [0.05, 0.1) is 17.2 Å². The van der Waals surface area contributed by atoms with Crippen LogP contribution in [0.4, 0.5) is 5.69 Å². The Labute approximate surface area is 175 Å². The largest absolute Gasteiger partial charge is 0.467 e. The van der Waals surface area contributed by atoms with Crippen molar-refractivity contribution in [1.82, 2.24) is 5.32 Å². The summed E-state index contributed by atoms with van der Waals surface area (Å²) in [6.07, 6.45) is 0.0265. The number of anilines is 1. The van der Waals surface area contributed by atoms with Crippen molar-refractivity contribution in [3.8, 4) is 0 Å². The topological polar surface area (TPSA) is 93.7 Å². The van der Waals surface area contributed by atoms with E-state index in [1.807, 2.05) is 0 Å². The predicted octanol–water partition coefficient (Wildman–Crippen LogP) is 3.57. The molecule has 0 heterocycles. The van der Waals surface area contributed by atoms with Gasteiger partial charge in [-0.25, -0.2) is 4.79 Å². The standard InChI is InChI=1S/C19H26Cl2N2O5/c1-11(22-12-6-7-13(20)14(21)10-12)17(25)23-15(18(26)27-5)8-9-16(24)28-19(2,3)4/h6-7,10-11,15,22H,8-9H2,1-5H3,(H,23,25)/t11-,15-/m0/s1. The van der Waals surface area contributed by atoms with Crippen LogP contribution in [0.3, 0.4) is 0 Å². The highest BCUT2D eigenvalue weighted by molar-refractivity contribution is 6.42. The normalized spacial score (nSPS) is 13.2. The van der Waals surface area contributed by atoms with Gasteiger partial charge < -0.3 is 20.1 Å². The van der Waals surface area contributed by atoms with Gasteiger partial charge in [0.25, 0.3) is 0 Å². The SMILES string of the molecule is COC(=O)[C@H](CCC(=O)OC(C)(C)C)NC(=O)[C@H](C)Nc1ccc(Cl)c(Cl)c1. The van der Waals surface area contributed by atoms with Crippen molar-refractivity contribution in [2.75, 3.05) is 12.4 Å². The molecule has 0 aliphatic carbocycles. The monoisotopic (exact) mass is 432 g/mol. The Kier molecular flexibility index (Phi) is 9.04. The van der Waals surface area contributed by atoms with Crippen LogP contribution in [-0.4, -0.2) is 42.6 Å². The second-order valence-electron chi connectivity index (χ2n) is 7.20. The maximum Gasteiger partial charge on any atom is 0.328 e. The molecule has 0 aliphatic rings. The highest BCUT2D eigenvalue weighted by Gasteiger charge is 2.26. The quantitative estimate of drug-likeness (QED) is 0.609. The zero-order chi connectivity index (χ0) is 21.5. The number of esters is 2. The molecule has 0 fully saturated rings. The first-order chi connectivity index (χ1) is 12.9. The van der Waals surface area contributed by atoms with Crippen LogP contribution < -0.4 is 10.6 Å². The lowest BCUT2D eigenvalue weighted by molar-refractivity contribution is -0.155. The maximum atomic E-state index is 12.4. The highest BCUT2D eigenvalue weighted by atomic mass is 35.5. The second-order valence-corrected chi connectivity index (χ2v) is 8.02. The molecule has 28 heavy (non-hydrogen) atoms. The number of halogens is 2. The Bertz CT molecular complexity index is 719. The van der Waals surface area contributed by atoms with Gasteiger partial charge in [-0.2, -0.15) is 0 Å². The Morgan fingerprint density at radius 1 is 1.14 bits per heavy atom. The van der Waals surface area contributed by atoms with Crippen molar-refractivity contribution < 1.29 is 23.9 Å². The average molecular weight is 433 g/mol. The molecule has 156 valence electrons. The molecule has 1 amide bonds. The third kappa shape index (κ3) is 8.35. The number of hydrogen-bond acceptors (Lipinski definition) is 6. The summed E-state index contributed by atoms with van der Waals surface area (Å²) in [4.78, 5) is 36.3. The third-order valence-corrected chi connectivity index (χ3v) is 4.29. The number of carbonyl (C=O) groups excluding carboxylic acids is 3. The van der Waals surface area contributed by atoms with E-state index in [0.717, 1.165) is 0 Å². The molecule has 0 bridgehead atoms. The zero-order valence-corrected chi connectivity index (χ0v) is 18.1. The molecule has 2 atom stereocenters. The van der Waals surface area contributed by atoms with Crippen LogP contribution in [0.1, 0.15) is 40.5 Å². The predicted molar refractivity (Wildman–Crippen MR) is 109 cm³/mol. The second kappa shape index (κ2) is 10.5. The molecule has 0 aliphatic heterocycles. The lowest BCUT2D eigenvalue weighted by Gasteiger charge is -2.22. The highest BCUT2D eigenvalue weighted by Crippen LogP contribution is 2.25. The van der Waals surface area contributed by atoms with E-state index in [4.69, 9.17) is 32.7 Å². The van der Waals surface area contributed by atoms with Crippen LogP contribution in [0.5, 0.6) is 0 Å². The summed E-state index contributed by atoms with van der Waals surface area (Å²) >= 11 is 11.8. The summed E-state index contributed by atoms with van der Waals surface area (Å²) in [5.74, 6) is -1.54. The molecule has 1 rings (SSSR count). The summed E-state index contributed by atoms with van der Waals surface area (Å²) in [6, 6.07) is 3.23. The van der Waals surface area contributed by atoms with E-state index < -0.39 is 35.5 Å². The van der Waals surface area contributed by atoms with Crippen molar-refractivity contribution >= 4 is 46.7 Å². The van der Waals surface area contributed by atoms with Crippen molar-refractivity contribution in [3.63, 3.8) is 0 Å². The van der Waals surface area contributed by atoms with Gasteiger partial charge in [0.2, 0.25) is 5.91 Å². The molecule has 7 nitrogen and oxygen atoms in total. The third-order valence-electron chi connectivity index (χ3n) is 3.56. The smallest absolute Gasteiger partial charge is 0.328 e. The van der Waals surface area contributed by atoms with Gasteiger partial charge in [0.15, 0.2) is 0 Å². The summed E-state index contributed by atoms with van der Waals surface area (Å²) < 4.78 is 9.93. The first-order valence-corrected chi connectivity index (χ1v) is 9.50. The summed E-state index contributed by atoms with van der Waals surface area (Å²) in [5.41, 5.74) is -0.0280. The van der Waals surface area contributed by atoms with Gasteiger partial charge >= 0.3 is 11.9 Å². The van der Waals surface area contributed by atoms with Gasteiger partial charge in [0, 0.05) is 12.1 Å². The first-order valence-electron chi connectivity index (χ1n) is 8.74. The van der Waals surface area contributed by atoms with Gasteiger partial charge in [-0.05, 0) is 52.3 Å². The van der Waals surface area contributed by atoms with E-state index in [0.29, 0.717) is 15.7 Å². The van der Waals surface area contributed by atoms with Crippen LogP contribution in [-0.2, 0) is 23.9 Å². The van der Waals surface area contributed by atoms with Crippen molar-refractivity contribution in [1.29, 1.82) is 0 Å². The number of ether oxygens (including phenoxy) is 2. The van der Waals surface area contributed by atoms with Gasteiger partial charge in [-0.3, -0.25) is 9.59 Å². The fourth-order valence-electron chi connectivity index (χ4n) is 2.24. The number of amides is 1. The minimum atomic E-state index is -0.969.